The smallest absolute Gasteiger partial charge is 0.246 e. The molecule has 1 aliphatic rings. The molecule has 1 amide bonds. The van der Waals surface area contributed by atoms with Crippen molar-refractivity contribution in [3.05, 3.63) is 59.1 Å². The molecular weight excluding hydrogens is 501 g/mol. The van der Waals surface area contributed by atoms with Gasteiger partial charge in [-0.05, 0) is 42.5 Å². The summed E-state index contributed by atoms with van der Waals surface area (Å²) < 4.78 is 0. The van der Waals surface area contributed by atoms with Crippen LogP contribution in [0.1, 0.15) is 5.56 Å². The molecule has 0 atom stereocenters. The Hall–Kier alpha value is -2.44. The number of nitrogens with one attached hydrogen (secondary N) is 1. The molecule has 152 valence electrons. The van der Waals surface area contributed by atoms with E-state index in [4.69, 9.17) is 23.8 Å². The molecule has 3 rings (SSSR count). The number of aliphatic imine (C=N–C) groups is 1. The van der Waals surface area contributed by atoms with Gasteiger partial charge >= 0.3 is 0 Å². The fourth-order valence-electron chi connectivity index (χ4n) is 2.99. The van der Waals surface area contributed by atoms with Crippen molar-refractivity contribution in [1.29, 1.82) is 0 Å². The number of hydrogen-bond acceptors (Lipinski definition) is 3. The van der Waals surface area contributed by atoms with E-state index in [1.165, 1.54) is 0 Å². The van der Waals surface area contributed by atoms with Crippen molar-refractivity contribution in [3.8, 4) is 12.3 Å². The molecule has 3 N–H and O–H groups in total. The quantitative estimate of drug-likeness (QED) is 0.280. The molecule has 1 fully saturated rings. The lowest BCUT2D eigenvalue weighted by atomic mass is 10.2. The summed E-state index contributed by atoms with van der Waals surface area (Å²) in [5.41, 5.74) is 8.56. The molecule has 2 aromatic carbocycles. The molecule has 1 heterocycles. The number of benzene rings is 2. The first kappa shape index (κ1) is 22.8. The van der Waals surface area contributed by atoms with Gasteiger partial charge in [-0.1, -0.05) is 23.6 Å². The SMILES string of the molecule is C#Cc1cccc(NC(=O)CN=C(N)N2CCN(c3ccc(Cl)cc3)CC2)c1.I. The Morgan fingerprint density at radius 1 is 1.17 bits per heavy atom. The second-order valence-electron chi connectivity index (χ2n) is 6.40. The van der Waals surface area contributed by atoms with Crippen molar-refractivity contribution in [2.24, 2.45) is 10.7 Å². The highest BCUT2D eigenvalue weighted by Gasteiger charge is 2.18. The molecule has 1 aliphatic heterocycles. The number of rotatable bonds is 4. The Labute approximate surface area is 193 Å². The van der Waals surface area contributed by atoms with Crippen LogP contribution < -0.4 is 16.0 Å². The predicted molar refractivity (Wildman–Crippen MR) is 130 cm³/mol. The third kappa shape index (κ3) is 6.54. The van der Waals surface area contributed by atoms with Crippen molar-refractivity contribution in [2.45, 2.75) is 0 Å². The minimum Gasteiger partial charge on any atom is -0.370 e. The number of hydrogen-bond donors (Lipinski definition) is 2. The van der Waals surface area contributed by atoms with Crippen LogP contribution in [0.4, 0.5) is 11.4 Å². The van der Waals surface area contributed by atoms with E-state index in [2.05, 4.69) is 21.1 Å². The van der Waals surface area contributed by atoms with Crippen LogP contribution >= 0.6 is 35.6 Å². The number of terminal acetylenes is 1. The minimum absolute atomic E-state index is 0. The molecule has 0 aliphatic carbocycles. The summed E-state index contributed by atoms with van der Waals surface area (Å²) in [5, 5.41) is 3.50. The van der Waals surface area contributed by atoms with Crippen molar-refractivity contribution in [3.63, 3.8) is 0 Å². The average molecular weight is 524 g/mol. The van der Waals surface area contributed by atoms with Crippen LogP contribution in [-0.4, -0.2) is 49.5 Å². The highest BCUT2D eigenvalue weighted by atomic mass is 127. The van der Waals surface area contributed by atoms with Crippen molar-refractivity contribution >= 4 is 58.8 Å². The van der Waals surface area contributed by atoms with Gasteiger partial charge < -0.3 is 20.9 Å². The Morgan fingerprint density at radius 2 is 1.86 bits per heavy atom. The maximum absolute atomic E-state index is 12.1. The topological polar surface area (TPSA) is 74.0 Å². The summed E-state index contributed by atoms with van der Waals surface area (Å²) in [6, 6.07) is 14.9. The Balaban J connectivity index is 0.00000300. The largest absolute Gasteiger partial charge is 0.370 e. The standard InChI is InChI=1S/C21H22ClN5O.HI/c1-2-16-4-3-5-18(14-16)25-20(28)15-24-21(23)27-12-10-26(11-13-27)19-8-6-17(22)7-9-19;/h1,3-9,14H,10-13,15H2,(H2,23,24)(H,25,28);1H. The van der Waals surface area contributed by atoms with Crippen molar-refractivity contribution in [1.82, 2.24) is 4.90 Å². The van der Waals surface area contributed by atoms with Gasteiger partial charge in [0.05, 0.1) is 0 Å². The van der Waals surface area contributed by atoms with Crippen molar-refractivity contribution in [2.75, 3.05) is 42.9 Å². The number of guanidine groups is 1. The summed E-state index contributed by atoms with van der Waals surface area (Å²) in [5.74, 6) is 2.67. The maximum atomic E-state index is 12.1. The lowest BCUT2D eigenvalue weighted by Crippen LogP contribution is -2.51. The van der Waals surface area contributed by atoms with Gasteiger partial charge in [-0.15, -0.1) is 30.4 Å². The third-order valence-electron chi connectivity index (χ3n) is 4.49. The van der Waals surface area contributed by atoms with Crippen LogP contribution in [0.2, 0.25) is 5.02 Å². The molecule has 2 aromatic rings. The molecule has 1 saturated heterocycles. The van der Waals surface area contributed by atoms with Crippen LogP contribution in [-0.2, 0) is 4.79 Å². The summed E-state index contributed by atoms with van der Waals surface area (Å²) in [6.07, 6.45) is 5.37. The second kappa shape index (κ2) is 10.9. The number of nitrogens with zero attached hydrogens (tertiary/aromatic N) is 3. The fourth-order valence-corrected chi connectivity index (χ4v) is 3.11. The number of carbonyl (C=O) groups is 1. The van der Waals surface area contributed by atoms with E-state index in [1.807, 2.05) is 29.2 Å². The highest BCUT2D eigenvalue weighted by molar-refractivity contribution is 14.0. The van der Waals surface area contributed by atoms with Crippen LogP contribution in [0.3, 0.4) is 0 Å². The van der Waals surface area contributed by atoms with Gasteiger partial charge in [0.25, 0.3) is 0 Å². The molecule has 0 aromatic heterocycles. The van der Waals surface area contributed by atoms with Gasteiger partial charge in [-0.25, -0.2) is 4.99 Å². The first-order valence-electron chi connectivity index (χ1n) is 8.97. The monoisotopic (exact) mass is 523 g/mol. The molecule has 29 heavy (non-hydrogen) atoms. The summed E-state index contributed by atoms with van der Waals surface area (Å²) >= 11 is 5.94. The molecule has 0 bridgehead atoms. The van der Waals surface area contributed by atoms with E-state index < -0.39 is 0 Å². The summed E-state index contributed by atoms with van der Waals surface area (Å²) in [7, 11) is 0. The molecule has 6 nitrogen and oxygen atoms in total. The number of piperazine rings is 1. The number of nitrogens with two attached hydrogens (primary N) is 1. The highest BCUT2D eigenvalue weighted by Crippen LogP contribution is 2.19. The lowest BCUT2D eigenvalue weighted by Gasteiger charge is -2.36. The first-order chi connectivity index (χ1) is 13.5. The van der Waals surface area contributed by atoms with Gasteiger partial charge in [0.15, 0.2) is 5.96 Å². The van der Waals surface area contributed by atoms with Gasteiger partial charge in [-0.2, -0.15) is 0 Å². The maximum Gasteiger partial charge on any atom is 0.246 e. The average Bonchev–Trinajstić information content (AvgIpc) is 2.73. The molecular formula is C21H23ClIN5O. The van der Waals surface area contributed by atoms with Crippen LogP contribution in [0.25, 0.3) is 0 Å². The first-order valence-corrected chi connectivity index (χ1v) is 9.35. The molecule has 0 saturated carbocycles. The summed E-state index contributed by atoms with van der Waals surface area (Å²) in [6.45, 7) is 3.09. The van der Waals surface area contributed by atoms with E-state index in [1.54, 1.807) is 24.3 Å². The zero-order valence-electron chi connectivity index (χ0n) is 15.8. The Morgan fingerprint density at radius 3 is 2.52 bits per heavy atom. The number of amides is 1. The van der Waals surface area contributed by atoms with Crippen LogP contribution in [0, 0.1) is 12.3 Å². The van der Waals surface area contributed by atoms with Gasteiger partial charge in [0.2, 0.25) is 5.91 Å². The number of halogens is 2. The fraction of sp³-hybridized carbons (Fsp3) is 0.238. The third-order valence-corrected chi connectivity index (χ3v) is 4.75. The van der Waals surface area contributed by atoms with Crippen molar-refractivity contribution < 1.29 is 4.79 Å². The van der Waals surface area contributed by atoms with Gasteiger partial charge in [-0.3, -0.25) is 4.79 Å². The predicted octanol–water partition coefficient (Wildman–Crippen LogP) is 3.01. The van der Waals surface area contributed by atoms with Crippen LogP contribution in [0.5, 0.6) is 0 Å². The zero-order chi connectivity index (χ0) is 19.9. The molecule has 0 radical (unpaired) electrons. The lowest BCUT2D eigenvalue weighted by molar-refractivity contribution is -0.114. The normalized spacial score (nSPS) is 14.0. The van der Waals surface area contributed by atoms with E-state index in [9.17, 15) is 4.79 Å². The van der Waals surface area contributed by atoms with E-state index in [-0.39, 0.29) is 36.4 Å². The zero-order valence-corrected chi connectivity index (χ0v) is 18.9. The van der Waals surface area contributed by atoms with E-state index in [0.717, 1.165) is 36.9 Å². The van der Waals surface area contributed by atoms with E-state index >= 15 is 0 Å². The van der Waals surface area contributed by atoms with Gasteiger partial charge in [0.1, 0.15) is 6.54 Å². The number of anilines is 2. The molecule has 0 spiro atoms. The Kier molecular flexibility index (Phi) is 8.61. The molecule has 0 unspecified atom stereocenters. The van der Waals surface area contributed by atoms with Gasteiger partial charge in [0, 0.05) is 48.1 Å². The van der Waals surface area contributed by atoms with E-state index in [0.29, 0.717) is 17.2 Å². The Bertz CT molecular complexity index is 902. The molecule has 8 heteroatoms. The van der Waals surface area contributed by atoms with Crippen LogP contribution in [0.15, 0.2) is 53.5 Å². The second-order valence-corrected chi connectivity index (χ2v) is 6.83. The minimum atomic E-state index is -0.239. The summed E-state index contributed by atoms with van der Waals surface area (Å²) in [4.78, 5) is 20.6. The number of carbonyl (C=O) groups excluding carboxylic acids is 1.